The Morgan fingerprint density at radius 2 is 2.16 bits per heavy atom. The SMILES string of the molecule is Cc1cn(C2OC(CO)C(C)(O)C2O)c(=O)[nH]c1=O. The number of nitrogens with zero attached hydrogens (tertiary/aromatic N) is 1. The van der Waals surface area contributed by atoms with E-state index in [4.69, 9.17) is 9.84 Å². The molecule has 0 amide bonds. The van der Waals surface area contributed by atoms with Gasteiger partial charge in [-0.25, -0.2) is 4.79 Å². The number of hydrogen-bond acceptors (Lipinski definition) is 6. The van der Waals surface area contributed by atoms with Gasteiger partial charge in [-0.3, -0.25) is 14.3 Å². The Labute approximate surface area is 107 Å². The average Bonchev–Trinajstić information content (AvgIpc) is 2.56. The second-order valence-corrected chi connectivity index (χ2v) is 4.85. The summed E-state index contributed by atoms with van der Waals surface area (Å²) in [5, 5.41) is 29.2. The molecular weight excluding hydrogens is 256 g/mol. The van der Waals surface area contributed by atoms with Crippen LogP contribution in [-0.4, -0.2) is 49.3 Å². The van der Waals surface area contributed by atoms with E-state index < -0.39 is 41.9 Å². The van der Waals surface area contributed by atoms with Crippen LogP contribution in [0.15, 0.2) is 15.8 Å². The van der Waals surface area contributed by atoms with Crippen molar-refractivity contribution in [2.45, 2.75) is 37.9 Å². The number of ether oxygens (including phenoxy) is 1. The van der Waals surface area contributed by atoms with Crippen LogP contribution in [0.1, 0.15) is 18.7 Å². The van der Waals surface area contributed by atoms with E-state index in [1.807, 2.05) is 0 Å². The third-order valence-corrected chi connectivity index (χ3v) is 3.41. The lowest BCUT2D eigenvalue weighted by molar-refractivity contribution is -0.0807. The van der Waals surface area contributed by atoms with Crippen LogP contribution in [0.4, 0.5) is 0 Å². The van der Waals surface area contributed by atoms with E-state index in [0.29, 0.717) is 0 Å². The van der Waals surface area contributed by atoms with Crippen LogP contribution in [0.25, 0.3) is 0 Å². The van der Waals surface area contributed by atoms with Crippen LogP contribution in [0.3, 0.4) is 0 Å². The van der Waals surface area contributed by atoms with Gasteiger partial charge in [0.05, 0.1) is 6.61 Å². The number of nitrogens with one attached hydrogen (secondary N) is 1. The van der Waals surface area contributed by atoms with Gasteiger partial charge in [0.15, 0.2) is 6.23 Å². The second kappa shape index (κ2) is 4.57. The highest BCUT2D eigenvalue weighted by Crippen LogP contribution is 2.35. The van der Waals surface area contributed by atoms with E-state index in [1.165, 1.54) is 20.0 Å². The lowest BCUT2D eigenvalue weighted by Crippen LogP contribution is -2.47. The molecule has 1 fully saturated rings. The van der Waals surface area contributed by atoms with Crippen molar-refractivity contribution >= 4 is 0 Å². The molecule has 0 spiro atoms. The maximum Gasteiger partial charge on any atom is 0.330 e. The van der Waals surface area contributed by atoms with Gasteiger partial charge < -0.3 is 20.1 Å². The number of rotatable bonds is 2. The smallest absolute Gasteiger partial charge is 0.330 e. The van der Waals surface area contributed by atoms with Crippen molar-refractivity contribution in [3.63, 3.8) is 0 Å². The molecule has 4 unspecified atom stereocenters. The van der Waals surface area contributed by atoms with Gasteiger partial charge in [-0.05, 0) is 13.8 Å². The zero-order valence-corrected chi connectivity index (χ0v) is 10.5. The largest absolute Gasteiger partial charge is 0.394 e. The minimum atomic E-state index is -1.69. The number of aromatic nitrogens is 2. The summed E-state index contributed by atoms with van der Waals surface area (Å²) in [6.45, 7) is 2.30. The molecule has 106 valence electrons. The Morgan fingerprint density at radius 1 is 1.53 bits per heavy atom. The Morgan fingerprint density at radius 3 is 2.68 bits per heavy atom. The number of aryl methyl sites for hydroxylation is 1. The zero-order chi connectivity index (χ0) is 14.4. The highest BCUT2D eigenvalue weighted by atomic mass is 16.6. The molecule has 19 heavy (non-hydrogen) atoms. The molecular formula is C11H16N2O6. The summed E-state index contributed by atoms with van der Waals surface area (Å²) in [6, 6.07) is 0. The van der Waals surface area contributed by atoms with Crippen LogP contribution >= 0.6 is 0 Å². The average molecular weight is 272 g/mol. The Balaban J connectivity index is 2.47. The molecule has 1 aliphatic rings. The molecule has 2 heterocycles. The second-order valence-electron chi connectivity index (χ2n) is 4.85. The molecule has 0 aliphatic carbocycles. The number of aromatic amines is 1. The maximum absolute atomic E-state index is 11.7. The topological polar surface area (TPSA) is 125 Å². The van der Waals surface area contributed by atoms with Gasteiger partial charge in [-0.15, -0.1) is 0 Å². The van der Waals surface area contributed by atoms with Crippen LogP contribution in [0, 0.1) is 6.92 Å². The van der Waals surface area contributed by atoms with E-state index in [0.717, 1.165) is 4.57 Å². The molecule has 0 saturated carbocycles. The third kappa shape index (κ3) is 2.12. The normalized spacial score (nSPS) is 34.7. The summed E-state index contributed by atoms with van der Waals surface area (Å²) >= 11 is 0. The fourth-order valence-corrected chi connectivity index (χ4v) is 2.08. The molecule has 1 aromatic rings. The monoisotopic (exact) mass is 272 g/mol. The quantitative estimate of drug-likeness (QED) is 0.486. The fraction of sp³-hybridized carbons (Fsp3) is 0.636. The molecule has 0 bridgehead atoms. The number of aliphatic hydroxyl groups excluding tert-OH is 2. The molecule has 4 N–H and O–H groups in total. The number of H-pyrrole nitrogens is 1. The number of hydrogen-bond donors (Lipinski definition) is 4. The zero-order valence-electron chi connectivity index (χ0n) is 10.5. The highest BCUT2D eigenvalue weighted by Gasteiger charge is 2.52. The van der Waals surface area contributed by atoms with Crippen LogP contribution in [0.2, 0.25) is 0 Å². The van der Waals surface area contributed by atoms with E-state index >= 15 is 0 Å². The first kappa shape index (κ1) is 13.9. The Bertz CT molecular complexity index is 590. The first-order valence-corrected chi connectivity index (χ1v) is 5.78. The van der Waals surface area contributed by atoms with Gasteiger partial charge in [-0.1, -0.05) is 0 Å². The van der Waals surface area contributed by atoms with Crippen LogP contribution in [0.5, 0.6) is 0 Å². The summed E-state index contributed by atoms with van der Waals surface area (Å²) in [5.74, 6) is 0. The van der Waals surface area contributed by atoms with Crippen molar-refractivity contribution in [2.24, 2.45) is 0 Å². The predicted octanol–water partition coefficient (Wildman–Crippen LogP) is -2.15. The summed E-state index contributed by atoms with van der Waals surface area (Å²) < 4.78 is 6.28. The predicted molar refractivity (Wildman–Crippen MR) is 63.7 cm³/mol. The summed E-state index contributed by atoms with van der Waals surface area (Å²) in [7, 11) is 0. The molecule has 0 aromatic carbocycles. The van der Waals surface area contributed by atoms with E-state index in [9.17, 15) is 19.8 Å². The van der Waals surface area contributed by atoms with Crippen molar-refractivity contribution < 1.29 is 20.1 Å². The summed E-state index contributed by atoms with van der Waals surface area (Å²) in [4.78, 5) is 25.1. The Hall–Kier alpha value is -1.48. The third-order valence-electron chi connectivity index (χ3n) is 3.41. The lowest BCUT2D eigenvalue weighted by Gasteiger charge is -2.25. The standard InChI is InChI=1S/C11H16N2O6/c1-5-3-13(10(17)12-8(5)16)9-7(15)11(2,18)6(4-14)19-9/h3,6-7,9,14-15,18H,4H2,1-2H3,(H,12,16,17). The van der Waals surface area contributed by atoms with Gasteiger partial charge in [0.25, 0.3) is 5.56 Å². The first-order valence-electron chi connectivity index (χ1n) is 5.78. The van der Waals surface area contributed by atoms with Gasteiger partial charge in [0.2, 0.25) is 0 Å². The van der Waals surface area contributed by atoms with E-state index in [-0.39, 0.29) is 5.56 Å². The molecule has 0 radical (unpaired) electrons. The fourth-order valence-electron chi connectivity index (χ4n) is 2.08. The van der Waals surface area contributed by atoms with E-state index in [2.05, 4.69) is 4.98 Å². The van der Waals surface area contributed by atoms with Crippen molar-refractivity contribution in [1.82, 2.24) is 9.55 Å². The van der Waals surface area contributed by atoms with Gasteiger partial charge in [-0.2, -0.15) is 0 Å². The molecule has 1 aromatic heterocycles. The molecule has 1 saturated heterocycles. The molecule has 8 nitrogen and oxygen atoms in total. The highest BCUT2D eigenvalue weighted by molar-refractivity contribution is 5.05. The molecule has 8 heteroatoms. The number of aliphatic hydroxyl groups is 3. The van der Waals surface area contributed by atoms with Crippen molar-refractivity contribution in [3.8, 4) is 0 Å². The molecule has 4 atom stereocenters. The minimum absolute atomic E-state index is 0.266. The summed E-state index contributed by atoms with van der Waals surface area (Å²) in [5.41, 5.74) is -2.71. The van der Waals surface area contributed by atoms with Crippen LogP contribution in [-0.2, 0) is 4.74 Å². The van der Waals surface area contributed by atoms with Crippen molar-refractivity contribution in [2.75, 3.05) is 6.61 Å². The Kier molecular flexibility index (Phi) is 3.35. The van der Waals surface area contributed by atoms with Gasteiger partial charge >= 0.3 is 5.69 Å². The minimum Gasteiger partial charge on any atom is -0.394 e. The lowest BCUT2D eigenvalue weighted by atomic mass is 9.95. The maximum atomic E-state index is 11.7. The van der Waals surface area contributed by atoms with Crippen LogP contribution < -0.4 is 11.2 Å². The molecule has 1 aliphatic heterocycles. The summed E-state index contributed by atoms with van der Waals surface area (Å²) in [6.07, 6.45) is -2.36. The van der Waals surface area contributed by atoms with Gasteiger partial charge in [0.1, 0.15) is 17.8 Å². The van der Waals surface area contributed by atoms with E-state index in [1.54, 1.807) is 0 Å². The first-order chi connectivity index (χ1) is 8.78. The van der Waals surface area contributed by atoms with Crippen molar-refractivity contribution in [1.29, 1.82) is 0 Å². The van der Waals surface area contributed by atoms with Crippen molar-refractivity contribution in [3.05, 3.63) is 32.6 Å². The molecule has 2 rings (SSSR count). The van der Waals surface area contributed by atoms with Gasteiger partial charge in [0, 0.05) is 11.8 Å².